The van der Waals surface area contributed by atoms with Crippen LogP contribution in [0.1, 0.15) is 59.8 Å². The lowest BCUT2D eigenvalue weighted by Crippen LogP contribution is -2.49. The van der Waals surface area contributed by atoms with Gasteiger partial charge in [-0.15, -0.1) is 5.70 Å². The van der Waals surface area contributed by atoms with Gasteiger partial charge in [0.1, 0.15) is 8.24 Å². The molecular formula is C17H39NSi2. The molecule has 0 unspecified atom stereocenters. The topological polar surface area (TPSA) is 3.24 Å². The summed E-state index contributed by atoms with van der Waals surface area (Å²) in [5.74, 6) is 0. The summed E-state index contributed by atoms with van der Waals surface area (Å²) in [5, 5.41) is 0. The average Bonchev–Trinajstić information content (AvgIpc) is 2.37. The van der Waals surface area contributed by atoms with Crippen LogP contribution in [0.3, 0.4) is 0 Å². The number of rotatable bonds is 12. The molecule has 0 N–H and O–H groups in total. The summed E-state index contributed by atoms with van der Waals surface area (Å²) < 4.78 is 2.89. The van der Waals surface area contributed by atoms with E-state index < -0.39 is 8.24 Å². The number of hydrogen-bond acceptors (Lipinski definition) is 1. The summed E-state index contributed by atoms with van der Waals surface area (Å²) in [7, 11) is -1.07. The molecule has 0 aromatic rings. The third-order valence-electron chi connectivity index (χ3n) is 4.21. The molecule has 0 amide bonds. The Kier molecular flexibility index (Phi) is 11.8. The van der Waals surface area contributed by atoms with Crippen molar-refractivity contribution in [2.45, 2.75) is 85.0 Å². The lowest BCUT2D eigenvalue weighted by atomic mass is 10.3. The molecule has 0 atom stereocenters. The molecule has 0 bridgehead atoms. The van der Waals surface area contributed by atoms with Crippen molar-refractivity contribution in [2.24, 2.45) is 0 Å². The first kappa shape index (κ1) is 20.1. The summed E-state index contributed by atoms with van der Waals surface area (Å²) in [5.41, 5.74) is 4.06. The summed E-state index contributed by atoms with van der Waals surface area (Å²) in [6, 6.07) is 3.01. The molecule has 20 heavy (non-hydrogen) atoms. The first-order valence-corrected chi connectivity index (χ1v) is 13.8. The molecule has 0 rings (SSSR count). The van der Waals surface area contributed by atoms with Crippen LogP contribution >= 0.6 is 0 Å². The Hall–Kier alpha value is 0.134. The highest BCUT2D eigenvalue weighted by atomic mass is 28.3. The van der Waals surface area contributed by atoms with Crippen molar-refractivity contribution in [1.82, 2.24) is 4.57 Å². The summed E-state index contributed by atoms with van der Waals surface area (Å²) >= 11 is 0. The minimum atomic E-state index is -1.15. The van der Waals surface area contributed by atoms with Gasteiger partial charge in [0.05, 0.1) is 0 Å². The third-order valence-corrected chi connectivity index (χ3v) is 9.96. The molecule has 0 aliphatic carbocycles. The first-order chi connectivity index (χ1) is 9.44. The predicted molar refractivity (Wildman–Crippen MR) is 101 cm³/mol. The predicted octanol–water partition coefficient (Wildman–Crippen LogP) is 4.99. The first-order valence-electron chi connectivity index (χ1n) is 8.82. The SMILES string of the molecule is CCCCN(CCCC)[Si](C)(C)CCC[SiH2]C=C(C)C. The molecule has 1 nitrogen and oxygen atoms in total. The summed E-state index contributed by atoms with van der Waals surface area (Å²) in [6.45, 7) is 17.0. The van der Waals surface area contributed by atoms with E-state index >= 15 is 0 Å². The minimum Gasteiger partial charge on any atom is -0.324 e. The molecule has 0 spiro atoms. The molecule has 0 heterocycles. The van der Waals surface area contributed by atoms with E-state index in [1.807, 2.05) is 0 Å². The fourth-order valence-corrected chi connectivity index (χ4v) is 7.44. The molecule has 0 saturated heterocycles. The normalized spacial score (nSPS) is 12.6. The van der Waals surface area contributed by atoms with E-state index in [0.29, 0.717) is 0 Å². The Labute approximate surface area is 132 Å². The Balaban J connectivity index is 4.18. The van der Waals surface area contributed by atoms with Crippen molar-refractivity contribution < 1.29 is 0 Å². The second kappa shape index (κ2) is 11.8. The van der Waals surface area contributed by atoms with Gasteiger partial charge in [0.2, 0.25) is 0 Å². The molecule has 0 saturated carbocycles. The molecule has 0 fully saturated rings. The van der Waals surface area contributed by atoms with Gasteiger partial charge in [0, 0.05) is 9.52 Å². The second-order valence-corrected chi connectivity index (χ2v) is 13.5. The van der Waals surface area contributed by atoms with Crippen LogP contribution in [0.4, 0.5) is 0 Å². The molecule has 3 heteroatoms. The largest absolute Gasteiger partial charge is 0.324 e. The zero-order valence-corrected chi connectivity index (χ0v) is 17.5. The smallest absolute Gasteiger partial charge is 0.122 e. The van der Waals surface area contributed by atoms with Crippen LogP contribution in [0.25, 0.3) is 0 Å². The van der Waals surface area contributed by atoms with Gasteiger partial charge < -0.3 is 4.57 Å². The fourth-order valence-electron chi connectivity index (χ4n) is 2.67. The highest BCUT2D eigenvalue weighted by Crippen LogP contribution is 2.20. The zero-order chi connectivity index (χ0) is 15.4. The molecule has 0 aliphatic heterocycles. The van der Waals surface area contributed by atoms with Crippen molar-refractivity contribution in [3.05, 3.63) is 11.3 Å². The highest BCUT2D eigenvalue weighted by Gasteiger charge is 2.27. The van der Waals surface area contributed by atoms with Crippen molar-refractivity contribution in [1.29, 1.82) is 0 Å². The number of nitrogens with zero attached hydrogens (tertiary/aromatic N) is 1. The van der Waals surface area contributed by atoms with Gasteiger partial charge in [-0.25, -0.2) is 0 Å². The molecule has 0 aromatic heterocycles. The Morgan fingerprint density at radius 3 is 2.00 bits per heavy atom. The maximum absolute atomic E-state index is 2.89. The van der Waals surface area contributed by atoms with Crippen LogP contribution < -0.4 is 0 Å². The van der Waals surface area contributed by atoms with E-state index in [2.05, 4.69) is 51.1 Å². The number of allylic oxidation sites excluding steroid dienone is 1. The monoisotopic (exact) mass is 313 g/mol. The highest BCUT2D eigenvalue weighted by molar-refractivity contribution is 6.74. The summed E-state index contributed by atoms with van der Waals surface area (Å²) in [6.07, 6.45) is 6.91. The molecule has 0 aliphatic rings. The lowest BCUT2D eigenvalue weighted by Gasteiger charge is -2.37. The van der Waals surface area contributed by atoms with Gasteiger partial charge in [0.25, 0.3) is 0 Å². The maximum Gasteiger partial charge on any atom is 0.122 e. The average molecular weight is 314 g/mol. The van der Waals surface area contributed by atoms with Gasteiger partial charge in [-0.3, -0.25) is 0 Å². The fraction of sp³-hybridized carbons (Fsp3) is 0.882. The van der Waals surface area contributed by atoms with Crippen LogP contribution in [-0.2, 0) is 0 Å². The van der Waals surface area contributed by atoms with E-state index in [0.717, 1.165) is 0 Å². The van der Waals surface area contributed by atoms with Gasteiger partial charge >= 0.3 is 0 Å². The van der Waals surface area contributed by atoms with E-state index in [4.69, 9.17) is 0 Å². The van der Waals surface area contributed by atoms with Gasteiger partial charge in [-0.2, -0.15) is 0 Å². The van der Waals surface area contributed by atoms with E-state index in [1.54, 1.807) is 0 Å². The quantitative estimate of drug-likeness (QED) is 0.362. The van der Waals surface area contributed by atoms with Crippen molar-refractivity contribution in [2.75, 3.05) is 13.1 Å². The van der Waals surface area contributed by atoms with E-state index in [9.17, 15) is 0 Å². The third kappa shape index (κ3) is 9.95. The van der Waals surface area contributed by atoms with Crippen molar-refractivity contribution in [3.8, 4) is 0 Å². The van der Waals surface area contributed by atoms with E-state index in [-0.39, 0.29) is 9.52 Å². The Bertz CT molecular complexity index is 250. The zero-order valence-electron chi connectivity index (χ0n) is 15.1. The van der Waals surface area contributed by atoms with Crippen molar-refractivity contribution >= 4 is 17.8 Å². The Morgan fingerprint density at radius 1 is 1.00 bits per heavy atom. The molecular weight excluding hydrogens is 274 g/mol. The summed E-state index contributed by atoms with van der Waals surface area (Å²) in [4.78, 5) is 0. The number of unbranched alkanes of at least 4 members (excludes halogenated alkanes) is 2. The minimum absolute atomic E-state index is 0.0802. The number of hydrogen-bond donors (Lipinski definition) is 0. The maximum atomic E-state index is 2.89. The molecule has 0 aromatic carbocycles. The van der Waals surface area contributed by atoms with Crippen LogP contribution in [0, 0.1) is 0 Å². The Morgan fingerprint density at radius 2 is 1.55 bits per heavy atom. The van der Waals surface area contributed by atoms with Gasteiger partial charge in [0.15, 0.2) is 0 Å². The van der Waals surface area contributed by atoms with E-state index in [1.165, 1.54) is 62.9 Å². The van der Waals surface area contributed by atoms with Gasteiger partial charge in [-0.1, -0.05) is 57.8 Å². The van der Waals surface area contributed by atoms with Crippen LogP contribution in [0.5, 0.6) is 0 Å². The van der Waals surface area contributed by atoms with Crippen LogP contribution in [0.15, 0.2) is 11.3 Å². The van der Waals surface area contributed by atoms with Gasteiger partial charge in [-0.05, 0) is 45.8 Å². The second-order valence-electron chi connectivity index (χ2n) is 7.03. The van der Waals surface area contributed by atoms with Crippen LogP contribution in [0.2, 0.25) is 25.2 Å². The lowest BCUT2D eigenvalue weighted by molar-refractivity contribution is 0.398. The molecule has 120 valence electrons. The standard InChI is InChI=1S/C17H39NSi2/c1-7-9-12-18(13-10-8-2)20(5,6)15-11-14-19-16-17(3)4/h16H,7-15,19H2,1-6H3. The van der Waals surface area contributed by atoms with Crippen LogP contribution in [-0.4, -0.2) is 35.4 Å². The molecule has 0 radical (unpaired) electrons. The van der Waals surface area contributed by atoms with Crippen molar-refractivity contribution in [3.63, 3.8) is 0 Å².